The number of hydrogen-bond acceptors (Lipinski definition) is 2. The molecule has 1 N–H and O–H groups in total. The molecule has 104 valence electrons. The van der Waals surface area contributed by atoms with Gasteiger partial charge in [-0.1, -0.05) is 42.5 Å². The number of thioether (sulfide) groups is 1. The topological polar surface area (TPSA) is 12.0 Å². The van der Waals surface area contributed by atoms with E-state index in [9.17, 15) is 0 Å². The molecule has 1 nitrogen and oxygen atoms in total. The third-order valence-electron chi connectivity index (χ3n) is 3.27. The van der Waals surface area contributed by atoms with Crippen LogP contribution in [-0.2, 0) is 0 Å². The van der Waals surface area contributed by atoms with Crippen LogP contribution in [0.4, 0.5) is 5.69 Å². The van der Waals surface area contributed by atoms with Crippen LogP contribution in [0.25, 0.3) is 0 Å². The predicted octanol–water partition coefficient (Wildman–Crippen LogP) is 5.45. The van der Waals surface area contributed by atoms with Gasteiger partial charge in [-0.05, 0) is 37.1 Å². The van der Waals surface area contributed by atoms with Gasteiger partial charge < -0.3 is 5.32 Å². The van der Waals surface area contributed by atoms with Crippen molar-refractivity contribution in [1.82, 2.24) is 0 Å². The SMILES string of the molecule is C=CCSc1ccccc1NC(C)c1ccccc1C. The molecule has 0 fully saturated rings. The lowest BCUT2D eigenvalue weighted by atomic mass is 10.0. The first-order chi connectivity index (χ1) is 9.72. The van der Waals surface area contributed by atoms with Gasteiger partial charge in [-0.15, -0.1) is 18.3 Å². The zero-order valence-electron chi connectivity index (χ0n) is 12.1. The first-order valence-corrected chi connectivity index (χ1v) is 7.85. The van der Waals surface area contributed by atoms with Crippen LogP contribution in [0, 0.1) is 6.92 Å². The Labute approximate surface area is 126 Å². The van der Waals surface area contributed by atoms with Crippen molar-refractivity contribution in [3.8, 4) is 0 Å². The Balaban J connectivity index is 2.17. The summed E-state index contributed by atoms with van der Waals surface area (Å²) in [4.78, 5) is 1.27. The maximum atomic E-state index is 3.78. The van der Waals surface area contributed by atoms with Gasteiger partial charge in [0, 0.05) is 22.4 Å². The number of para-hydroxylation sites is 1. The van der Waals surface area contributed by atoms with Gasteiger partial charge in [0.1, 0.15) is 0 Å². The monoisotopic (exact) mass is 283 g/mol. The van der Waals surface area contributed by atoms with E-state index in [1.54, 1.807) is 0 Å². The van der Waals surface area contributed by atoms with Crippen molar-refractivity contribution in [3.63, 3.8) is 0 Å². The lowest BCUT2D eigenvalue weighted by Gasteiger charge is -2.19. The third-order valence-corrected chi connectivity index (χ3v) is 4.34. The number of nitrogens with one attached hydrogen (secondary N) is 1. The minimum atomic E-state index is 0.293. The van der Waals surface area contributed by atoms with Crippen molar-refractivity contribution in [3.05, 3.63) is 72.3 Å². The first-order valence-electron chi connectivity index (χ1n) is 6.87. The highest BCUT2D eigenvalue weighted by Crippen LogP contribution is 2.30. The molecule has 20 heavy (non-hydrogen) atoms. The zero-order chi connectivity index (χ0) is 14.4. The molecule has 0 bridgehead atoms. The van der Waals surface area contributed by atoms with E-state index >= 15 is 0 Å². The Bertz CT molecular complexity index is 577. The summed E-state index contributed by atoms with van der Waals surface area (Å²) >= 11 is 1.81. The summed E-state index contributed by atoms with van der Waals surface area (Å²) in [6, 6.07) is 17.3. The lowest BCUT2D eigenvalue weighted by molar-refractivity contribution is 0.869. The number of hydrogen-bond donors (Lipinski definition) is 1. The zero-order valence-corrected chi connectivity index (χ0v) is 12.9. The molecule has 0 aliphatic heterocycles. The van der Waals surface area contributed by atoms with E-state index in [1.165, 1.54) is 21.7 Å². The van der Waals surface area contributed by atoms with E-state index in [-0.39, 0.29) is 0 Å². The van der Waals surface area contributed by atoms with E-state index in [0.717, 1.165) is 5.75 Å². The molecule has 0 aromatic heterocycles. The average Bonchev–Trinajstić information content (AvgIpc) is 2.46. The van der Waals surface area contributed by atoms with Gasteiger partial charge in [0.05, 0.1) is 0 Å². The summed E-state index contributed by atoms with van der Waals surface area (Å²) in [7, 11) is 0. The second kappa shape index (κ2) is 7.20. The maximum Gasteiger partial charge on any atom is 0.0488 e. The van der Waals surface area contributed by atoms with Gasteiger partial charge in [-0.2, -0.15) is 0 Å². The normalized spacial score (nSPS) is 11.9. The van der Waals surface area contributed by atoms with Gasteiger partial charge in [0.15, 0.2) is 0 Å². The summed E-state index contributed by atoms with van der Waals surface area (Å²) in [6.07, 6.45) is 1.94. The van der Waals surface area contributed by atoms with Crippen LogP contribution in [0.5, 0.6) is 0 Å². The standard InChI is InChI=1S/C18H21NS/c1-4-13-20-18-12-8-7-11-17(18)19-15(3)16-10-6-5-9-14(16)2/h4-12,15,19H,1,13H2,2-3H3. The van der Waals surface area contributed by atoms with Crippen LogP contribution in [-0.4, -0.2) is 5.75 Å². The molecule has 0 aliphatic carbocycles. The van der Waals surface area contributed by atoms with Gasteiger partial charge in [-0.3, -0.25) is 0 Å². The minimum absolute atomic E-state index is 0.293. The molecular weight excluding hydrogens is 262 g/mol. The molecule has 2 aromatic rings. The van der Waals surface area contributed by atoms with E-state index in [2.05, 4.69) is 74.3 Å². The molecule has 0 spiro atoms. The van der Waals surface area contributed by atoms with Gasteiger partial charge in [0.25, 0.3) is 0 Å². The summed E-state index contributed by atoms with van der Waals surface area (Å²) in [6.45, 7) is 8.15. The second-order valence-corrected chi connectivity index (χ2v) is 5.88. The van der Waals surface area contributed by atoms with E-state index in [1.807, 2.05) is 17.8 Å². The molecule has 0 saturated heterocycles. The molecular formula is C18H21NS. The number of rotatable bonds is 6. The Hall–Kier alpha value is -1.67. The Morgan fingerprint density at radius 3 is 2.60 bits per heavy atom. The summed E-state index contributed by atoms with van der Waals surface area (Å²) in [5, 5.41) is 3.62. The van der Waals surface area contributed by atoms with Crippen LogP contribution in [0.2, 0.25) is 0 Å². The van der Waals surface area contributed by atoms with Gasteiger partial charge in [0.2, 0.25) is 0 Å². The van der Waals surface area contributed by atoms with E-state index in [0.29, 0.717) is 6.04 Å². The molecule has 0 aliphatic rings. The second-order valence-electron chi connectivity index (χ2n) is 4.82. The molecule has 0 amide bonds. The minimum Gasteiger partial charge on any atom is -0.378 e. The van der Waals surface area contributed by atoms with Crippen molar-refractivity contribution < 1.29 is 0 Å². The molecule has 1 unspecified atom stereocenters. The highest BCUT2D eigenvalue weighted by Gasteiger charge is 2.09. The van der Waals surface area contributed by atoms with Crippen LogP contribution in [0.15, 0.2) is 66.1 Å². The molecule has 1 atom stereocenters. The van der Waals surface area contributed by atoms with Crippen molar-refractivity contribution in [2.75, 3.05) is 11.1 Å². The largest absolute Gasteiger partial charge is 0.378 e. The fourth-order valence-electron chi connectivity index (χ4n) is 2.24. The molecule has 0 heterocycles. The molecule has 2 rings (SSSR count). The number of anilines is 1. The van der Waals surface area contributed by atoms with Crippen LogP contribution in [0.1, 0.15) is 24.1 Å². The smallest absolute Gasteiger partial charge is 0.0488 e. The fourth-order valence-corrected chi connectivity index (χ4v) is 3.00. The van der Waals surface area contributed by atoms with Crippen molar-refractivity contribution in [2.24, 2.45) is 0 Å². The lowest BCUT2D eigenvalue weighted by Crippen LogP contribution is -2.08. The fraction of sp³-hybridized carbons (Fsp3) is 0.222. The van der Waals surface area contributed by atoms with E-state index in [4.69, 9.17) is 0 Å². The third kappa shape index (κ3) is 3.67. The molecule has 0 saturated carbocycles. The average molecular weight is 283 g/mol. The molecule has 2 heteroatoms. The Morgan fingerprint density at radius 2 is 1.85 bits per heavy atom. The number of benzene rings is 2. The molecule has 0 radical (unpaired) electrons. The van der Waals surface area contributed by atoms with Crippen molar-refractivity contribution in [1.29, 1.82) is 0 Å². The van der Waals surface area contributed by atoms with Gasteiger partial charge in [-0.25, -0.2) is 0 Å². The van der Waals surface area contributed by atoms with Crippen LogP contribution in [0.3, 0.4) is 0 Å². The van der Waals surface area contributed by atoms with Crippen LogP contribution >= 0.6 is 11.8 Å². The highest BCUT2D eigenvalue weighted by atomic mass is 32.2. The Morgan fingerprint density at radius 1 is 1.15 bits per heavy atom. The summed E-state index contributed by atoms with van der Waals surface area (Å²) in [5.41, 5.74) is 3.86. The Kier molecular flexibility index (Phi) is 5.31. The number of aryl methyl sites for hydroxylation is 1. The van der Waals surface area contributed by atoms with Crippen molar-refractivity contribution >= 4 is 17.4 Å². The maximum absolute atomic E-state index is 3.78. The van der Waals surface area contributed by atoms with Gasteiger partial charge >= 0.3 is 0 Å². The van der Waals surface area contributed by atoms with Crippen molar-refractivity contribution in [2.45, 2.75) is 24.8 Å². The van der Waals surface area contributed by atoms with E-state index < -0.39 is 0 Å². The summed E-state index contributed by atoms with van der Waals surface area (Å²) in [5.74, 6) is 0.928. The van der Waals surface area contributed by atoms with Crippen LogP contribution < -0.4 is 5.32 Å². The molecule has 2 aromatic carbocycles. The summed E-state index contributed by atoms with van der Waals surface area (Å²) < 4.78 is 0. The first kappa shape index (κ1) is 14.7. The highest BCUT2D eigenvalue weighted by molar-refractivity contribution is 7.99. The predicted molar refractivity (Wildman–Crippen MR) is 90.6 cm³/mol. The quantitative estimate of drug-likeness (QED) is 0.559.